The zero-order chi connectivity index (χ0) is 16.9. The second-order valence-electron chi connectivity index (χ2n) is 6.59. The third-order valence-corrected chi connectivity index (χ3v) is 4.78. The van der Waals surface area contributed by atoms with Gasteiger partial charge in [0, 0.05) is 26.2 Å². The average Bonchev–Trinajstić information content (AvgIpc) is 2.77. The van der Waals surface area contributed by atoms with E-state index in [1.54, 1.807) is 0 Å². The molecule has 3 rings (SSSR count). The van der Waals surface area contributed by atoms with Crippen molar-refractivity contribution in [2.24, 2.45) is 5.92 Å². The molecule has 1 heterocycles. The predicted molar refractivity (Wildman–Crippen MR) is 98.9 cm³/mol. The summed E-state index contributed by atoms with van der Waals surface area (Å²) in [7, 11) is 0. The maximum atomic E-state index is 12.6. The lowest BCUT2D eigenvalue weighted by Gasteiger charge is -2.22. The highest BCUT2D eigenvalue weighted by Gasteiger charge is 2.25. The van der Waals surface area contributed by atoms with Crippen LogP contribution in [0.4, 0.5) is 0 Å². The van der Waals surface area contributed by atoms with Crippen LogP contribution in [0.2, 0.25) is 0 Å². The van der Waals surface area contributed by atoms with Crippen LogP contribution in [0.5, 0.6) is 0 Å². The molecule has 1 aliphatic heterocycles. The van der Waals surface area contributed by atoms with Gasteiger partial charge in [0.25, 0.3) is 0 Å². The summed E-state index contributed by atoms with van der Waals surface area (Å²) in [4.78, 5) is 14.6. The summed E-state index contributed by atoms with van der Waals surface area (Å²) in [6.45, 7) is 7.44. The van der Waals surface area contributed by atoms with E-state index in [-0.39, 0.29) is 11.8 Å². The van der Waals surface area contributed by atoms with Gasteiger partial charge < -0.3 is 10.2 Å². The quantitative estimate of drug-likeness (QED) is 0.937. The van der Waals surface area contributed by atoms with E-state index in [1.165, 1.54) is 22.3 Å². The normalized spacial score (nSPS) is 18.5. The highest BCUT2D eigenvalue weighted by atomic mass is 16.2. The summed E-state index contributed by atoms with van der Waals surface area (Å²) in [6, 6.07) is 17.2. The van der Waals surface area contributed by atoms with Crippen molar-refractivity contribution in [2.45, 2.75) is 20.3 Å². The fourth-order valence-corrected chi connectivity index (χ4v) is 3.36. The molecule has 3 heteroatoms. The summed E-state index contributed by atoms with van der Waals surface area (Å²) < 4.78 is 0. The number of amides is 1. The second-order valence-corrected chi connectivity index (χ2v) is 6.59. The fraction of sp³-hybridized carbons (Fsp3) is 0.381. The Balaban J connectivity index is 1.72. The van der Waals surface area contributed by atoms with E-state index < -0.39 is 0 Å². The molecule has 0 radical (unpaired) electrons. The maximum Gasteiger partial charge on any atom is 0.227 e. The van der Waals surface area contributed by atoms with Crippen LogP contribution in [0.3, 0.4) is 0 Å². The molecule has 3 nitrogen and oxygen atoms in total. The van der Waals surface area contributed by atoms with Gasteiger partial charge in [-0.15, -0.1) is 0 Å². The van der Waals surface area contributed by atoms with Crippen molar-refractivity contribution in [3.63, 3.8) is 0 Å². The molecule has 2 aromatic rings. The molecular formula is C21H26N2O. The number of nitrogens with one attached hydrogen (secondary N) is 1. The Kier molecular flexibility index (Phi) is 5.31. The molecule has 1 amide bonds. The van der Waals surface area contributed by atoms with Crippen molar-refractivity contribution < 1.29 is 4.79 Å². The number of hydrogen-bond acceptors (Lipinski definition) is 2. The Morgan fingerprint density at radius 2 is 1.92 bits per heavy atom. The van der Waals surface area contributed by atoms with Crippen LogP contribution in [0.25, 0.3) is 11.1 Å². The van der Waals surface area contributed by atoms with Crippen molar-refractivity contribution in [3.05, 3.63) is 59.7 Å². The van der Waals surface area contributed by atoms with Gasteiger partial charge >= 0.3 is 0 Å². The van der Waals surface area contributed by atoms with E-state index in [0.29, 0.717) is 0 Å². The van der Waals surface area contributed by atoms with Crippen LogP contribution in [0, 0.1) is 12.8 Å². The standard InChI is InChI=1S/C21H26N2O/c1-3-23-12-11-22-15-20(21(23)24)14-17-7-9-18(10-8-17)19-6-4-5-16(2)13-19/h4-10,13,20,22H,3,11-12,14-15H2,1-2H3/t20-/m1/s1. The fourth-order valence-electron chi connectivity index (χ4n) is 3.36. The summed E-state index contributed by atoms with van der Waals surface area (Å²) in [5.41, 5.74) is 4.96. The molecule has 0 aliphatic carbocycles. The minimum absolute atomic E-state index is 0.0391. The molecular weight excluding hydrogens is 296 g/mol. The van der Waals surface area contributed by atoms with Crippen molar-refractivity contribution in [2.75, 3.05) is 26.2 Å². The van der Waals surface area contributed by atoms with Crippen LogP contribution in [0.15, 0.2) is 48.5 Å². The van der Waals surface area contributed by atoms with Gasteiger partial charge in [0.15, 0.2) is 0 Å². The highest BCUT2D eigenvalue weighted by Crippen LogP contribution is 2.22. The van der Waals surface area contributed by atoms with Crippen molar-refractivity contribution in [1.29, 1.82) is 0 Å². The minimum atomic E-state index is 0.0391. The molecule has 0 unspecified atom stereocenters. The van der Waals surface area contributed by atoms with Crippen LogP contribution >= 0.6 is 0 Å². The topological polar surface area (TPSA) is 32.3 Å². The number of rotatable bonds is 4. The van der Waals surface area contributed by atoms with E-state index in [1.807, 2.05) is 4.90 Å². The van der Waals surface area contributed by atoms with E-state index in [9.17, 15) is 4.79 Å². The van der Waals surface area contributed by atoms with Gasteiger partial charge in [-0.1, -0.05) is 54.1 Å². The number of aryl methyl sites for hydroxylation is 1. The van der Waals surface area contributed by atoms with Gasteiger partial charge in [0.1, 0.15) is 0 Å². The smallest absolute Gasteiger partial charge is 0.227 e. The van der Waals surface area contributed by atoms with Crippen LogP contribution < -0.4 is 5.32 Å². The molecule has 1 N–H and O–H groups in total. The first-order valence-corrected chi connectivity index (χ1v) is 8.83. The zero-order valence-electron chi connectivity index (χ0n) is 14.6. The van der Waals surface area contributed by atoms with Gasteiger partial charge in [-0.2, -0.15) is 0 Å². The van der Waals surface area contributed by atoms with Gasteiger partial charge in [-0.3, -0.25) is 4.79 Å². The lowest BCUT2D eigenvalue weighted by Crippen LogP contribution is -2.37. The van der Waals surface area contributed by atoms with E-state index in [4.69, 9.17) is 0 Å². The summed E-state index contributed by atoms with van der Waals surface area (Å²) in [5.74, 6) is 0.322. The predicted octanol–water partition coefficient (Wildman–Crippen LogP) is 3.27. The van der Waals surface area contributed by atoms with Crippen LogP contribution in [-0.2, 0) is 11.2 Å². The number of benzene rings is 2. The van der Waals surface area contributed by atoms with Gasteiger partial charge in [-0.05, 0) is 37.0 Å². The highest BCUT2D eigenvalue weighted by molar-refractivity contribution is 5.79. The molecule has 2 aromatic carbocycles. The van der Waals surface area contributed by atoms with E-state index >= 15 is 0 Å². The molecule has 0 saturated carbocycles. The minimum Gasteiger partial charge on any atom is -0.341 e. The Morgan fingerprint density at radius 1 is 1.12 bits per heavy atom. The molecule has 1 saturated heterocycles. The number of hydrogen-bond donors (Lipinski definition) is 1. The van der Waals surface area contributed by atoms with E-state index in [0.717, 1.165) is 32.6 Å². The van der Waals surface area contributed by atoms with Gasteiger partial charge in [0.05, 0.1) is 5.92 Å². The third-order valence-electron chi connectivity index (χ3n) is 4.78. The van der Waals surface area contributed by atoms with Crippen LogP contribution in [-0.4, -0.2) is 37.0 Å². The number of likely N-dealkylation sites (N-methyl/N-ethyl adjacent to an activating group) is 1. The largest absolute Gasteiger partial charge is 0.341 e. The first-order valence-electron chi connectivity index (χ1n) is 8.83. The first-order chi connectivity index (χ1) is 11.7. The summed E-state index contributed by atoms with van der Waals surface area (Å²) >= 11 is 0. The molecule has 24 heavy (non-hydrogen) atoms. The summed E-state index contributed by atoms with van der Waals surface area (Å²) in [6.07, 6.45) is 0.802. The van der Waals surface area contributed by atoms with E-state index in [2.05, 4.69) is 67.7 Å². The van der Waals surface area contributed by atoms with Gasteiger partial charge in [-0.25, -0.2) is 0 Å². The van der Waals surface area contributed by atoms with Crippen molar-refractivity contribution in [1.82, 2.24) is 10.2 Å². The van der Waals surface area contributed by atoms with Crippen molar-refractivity contribution in [3.8, 4) is 11.1 Å². The monoisotopic (exact) mass is 322 g/mol. The Morgan fingerprint density at radius 3 is 2.62 bits per heavy atom. The lowest BCUT2D eigenvalue weighted by atomic mass is 9.95. The lowest BCUT2D eigenvalue weighted by molar-refractivity contribution is -0.134. The van der Waals surface area contributed by atoms with Crippen molar-refractivity contribution >= 4 is 5.91 Å². The Hall–Kier alpha value is -2.13. The summed E-state index contributed by atoms with van der Waals surface area (Å²) in [5, 5.41) is 3.39. The van der Waals surface area contributed by atoms with Gasteiger partial charge in [0.2, 0.25) is 5.91 Å². The maximum absolute atomic E-state index is 12.6. The number of carbonyl (C=O) groups excluding carboxylic acids is 1. The first kappa shape index (κ1) is 16.7. The molecule has 1 atom stereocenters. The second kappa shape index (κ2) is 7.63. The molecule has 0 spiro atoms. The number of carbonyl (C=O) groups is 1. The molecule has 126 valence electrons. The molecule has 0 aromatic heterocycles. The SMILES string of the molecule is CCN1CCNC[C@@H](Cc2ccc(-c3cccc(C)c3)cc2)C1=O. The molecule has 1 fully saturated rings. The Bertz CT molecular complexity index is 693. The number of nitrogens with zero attached hydrogens (tertiary/aromatic N) is 1. The molecule has 0 bridgehead atoms. The van der Waals surface area contributed by atoms with Crippen LogP contribution in [0.1, 0.15) is 18.1 Å². The average molecular weight is 322 g/mol. The zero-order valence-corrected chi connectivity index (χ0v) is 14.6. The third kappa shape index (κ3) is 3.85. The molecule has 1 aliphatic rings. The Labute approximate surface area is 144 Å².